The van der Waals surface area contributed by atoms with E-state index in [4.69, 9.17) is 4.74 Å². The first-order valence-corrected chi connectivity index (χ1v) is 20.8. The van der Waals surface area contributed by atoms with Crippen LogP contribution in [0.1, 0.15) is 81.4 Å². The number of carbonyl (C=O) groups excluding carboxylic acids is 5. The molecule has 3 aromatic carbocycles. The van der Waals surface area contributed by atoms with Crippen molar-refractivity contribution in [3.8, 4) is 11.1 Å². The standard InChI is InChI=1S/C44H55N3O8S/c1-29(2)25-39(46-42(51)31(20-23-48)21-24-56-3)40(49)27-32(26-30-13-5-4-6-14-30)41(50)45-22-12-11-19-38(43(52)53)47-44(54)55-28-37-35-17-9-7-15-33(35)34-16-8-10-18-36(34)37/h4-10,13-18,23,29,31-32,37-39H,11-12,19-22,24-28H2,1-3H3,(H,45,50)(H,46,51)(H,47,54)(H,52,53)/t31-,32+,38+,39-/m0/s1. The molecule has 1 aliphatic rings. The first-order valence-electron chi connectivity index (χ1n) is 19.4. The number of hydrogen-bond acceptors (Lipinski definition) is 8. The van der Waals surface area contributed by atoms with Crippen molar-refractivity contribution in [2.45, 2.75) is 83.2 Å². The first kappa shape index (κ1) is 43.8. The Bertz CT molecular complexity index is 1740. The summed E-state index contributed by atoms with van der Waals surface area (Å²) in [5.41, 5.74) is 5.17. The Balaban J connectivity index is 1.30. The highest BCUT2D eigenvalue weighted by molar-refractivity contribution is 7.98. The van der Waals surface area contributed by atoms with E-state index in [1.54, 1.807) is 11.8 Å². The maximum atomic E-state index is 13.8. The van der Waals surface area contributed by atoms with E-state index in [0.717, 1.165) is 34.1 Å². The third-order valence-electron chi connectivity index (χ3n) is 10.1. The molecule has 0 aromatic heterocycles. The molecular weight excluding hydrogens is 731 g/mol. The monoisotopic (exact) mass is 785 g/mol. The number of carbonyl (C=O) groups is 6. The number of unbranched alkanes of at least 4 members (excludes halogenated alkanes) is 1. The van der Waals surface area contributed by atoms with Crippen LogP contribution in [0.5, 0.6) is 0 Å². The molecule has 0 unspecified atom stereocenters. The van der Waals surface area contributed by atoms with Crippen molar-refractivity contribution in [2.24, 2.45) is 17.8 Å². The molecule has 300 valence electrons. The topological polar surface area (TPSA) is 168 Å². The van der Waals surface area contributed by atoms with E-state index < -0.39 is 36.0 Å². The van der Waals surface area contributed by atoms with Crippen molar-refractivity contribution < 1.29 is 38.6 Å². The summed E-state index contributed by atoms with van der Waals surface area (Å²) in [6.07, 6.45) is 4.02. The zero-order chi connectivity index (χ0) is 40.5. The van der Waals surface area contributed by atoms with E-state index in [1.165, 1.54) is 0 Å². The number of nitrogens with one attached hydrogen (secondary N) is 3. The average Bonchev–Trinajstić information content (AvgIpc) is 3.50. The molecule has 0 radical (unpaired) electrons. The molecule has 0 heterocycles. The third-order valence-corrected chi connectivity index (χ3v) is 10.8. The lowest BCUT2D eigenvalue weighted by atomic mass is 9.88. The Labute approximate surface area is 334 Å². The van der Waals surface area contributed by atoms with Crippen LogP contribution in [0.15, 0.2) is 78.9 Å². The van der Waals surface area contributed by atoms with Crippen LogP contribution in [-0.4, -0.2) is 78.3 Å². The van der Waals surface area contributed by atoms with Gasteiger partial charge in [0.2, 0.25) is 11.8 Å². The molecule has 0 saturated carbocycles. The molecule has 3 amide bonds. The van der Waals surface area contributed by atoms with Gasteiger partial charge in [-0.15, -0.1) is 0 Å². The Hall–Kier alpha value is -4.97. The van der Waals surface area contributed by atoms with Gasteiger partial charge in [-0.05, 0) is 84.3 Å². The number of benzene rings is 3. The highest BCUT2D eigenvalue weighted by atomic mass is 32.2. The quantitative estimate of drug-likeness (QED) is 0.0580. The first-order chi connectivity index (χ1) is 27.0. The minimum absolute atomic E-state index is 0.0638. The van der Waals surface area contributed by atoms with Gasteiger partial charge in [-0.25, -0.2) is 9.59 Å². The fraction of sp³-hybridized carbons (Fsp3) is 0.455. The number of ether oxygens (including phenoxy) is 1. The highest BCUT2D eigenvalue weighted by Gasteiger charge is 2.31. The van der Waals surface area contributed by atoms with E-state index in [9.17, 15) is 33.9 Å². The number of aliphatic carboxylic acids is 1. The normalized spacial score (nSPS) is 14.1. The van der Waals surface area contributed by atoms with Crippen LogP contribution >= 0.6 is 11.8 Å². The van der Waals surface area contributed by atoms with Gasteiger partial charge in [-0.2, -0.15) is 11.8 Å². The van der Waals surface area contributed by atoms with Gasteiger partial charge in [0.1, 0.15) is 18.9 Å². The fourth-order valence-corrected chi connectivity index (χ4v) is 7.69. The number of alkyl carbamates (subject to hydrolysis) is 1. The molecule has 56 heavy (non-hydrogen) atoms. The second-order valence-electron chi connectivity index (χ2n) is 14.8. The zero-order valence-electron chi connectivity index (χ0n) is 32.5. The van der Waals surface area contributed by atoms with E-state index in [1.807, 2.05) is 99.0 Å². The predicted molar refractivity (Wildman–Crippen MR) is 218 cm³/mol. The number of Topliss-reactive ketones (excluding diaryl/α,β-unsaturated/α-hetero) is 1. The summed E-state index contributed by atoms with van der Waals surface area (Å²) in [6, 6.07) is 23.3. The molecule has 1 aliphatic carbocycles. The summed E-state index contributed by atoms with van der Waals surface area (Å²) in [5.74, 6) is -2.67. The molecule has 0 aliphatic heterocycles. The van der Waals surface area contributed by atoms with Gasteiger partial charge >= 0.3 is 12.1 Å². The Morgan fingerprint density at radius 2 is 1.45 bits per heavy atom. The summed E-state index contributed by atoms with van der Waals surface area (Å²) < 4.78 is 5.55. The molecule has 4 rings (SSSR count). The van der Waals surface area contributed by atoms with E-state index in [-0.39, 0.29) is 61.8 Å². The van der Waals surface area contributed by atoms with Crippen LogP contribution in [0.25, 0.3) is 11.1 Å². The summed E-state index contributed by atoms with van der Waals surface area (Å²) in [5, 5.41) is 18.1. The van der Waals surface area contributed by atoms with Crippen molar-refractivity contribution in [3.05, 3.63) is 95.6 Å². The molecule has 0 spiro atoms. The second kappa shape index (κ2) is 22.6. The lowest BCUT2D eigenvalue weighted by Gasteiger charge is -2.24. The molecule has 12 heteroatoms. The molecular formula is C44H55N3O8S. The molecule has 0 bridgehead atoms. The van der Waals surface area contributed by atoms with Gasteiger partial charge < -0.3 is 30.6 Å². The van der Waals surface area contributed by atoms with Gasteiger partial charge in [0, 0.05) is 37.1 Å². The number of amides is 3. The van der Waals surface area contributed by atoms with Crippen LogP contribution in [0.2, 0.25) is 0 Å². The van der Waals surface area contributed by atoms with E-state index >= 15 is 0 Å². The largest absolute Gasteiger partial charge is 0.480 e. The van der Waals surface area contributed by atoms with Gasteiger partial charge in [0.15, 0.2) is 5.78 Å². The fourth-order valence-electron chi connectivity index (χ4n) is 7.17. The van der Waals surface area contributed by atoms with E-state index in [0.29, 0.717) is 37.9 Å². The maximum absolute atomic E-state index is 13.8. The highest BCUT2D eigenvalue weighted by Crippen LogP contribution is 2.44. The number of carboxylic acids is 1. The van der Waals surface area contributed by atoms with E-state index in [2.05, 4.69) is 16.0 Å². The smallest absolute Gasteiger partial charge is 0.407 e. The van der Waals surface area contributed by atoms with Crippen molar-refractivity contribution >= 4 is 47.7 Å². The minimum atomic E-state index is -1.19. The minimum Gasteiger partial charge on any atom is -0.480 e. The Morgan fingerprint density at radius 3 is 2.05 bits per heavy atom. The van der Waals surface area contributed by atoms with Gasteiger partial charge in [0.05, 0.1) is 6.04 Å². The van der Waals surface area contributed by atoms with Crippen molar-refractivity contribution in [1.29, 1.82) is 0 Å². The number of carboxylic acid groups (broad SMARTS) is 1. The van der Waals surface area contributed by atoms with Gasteiger partial charge in [-0.1, -0.05) is 92.7 Å². The number of ketones is 1. The van der Waals surface area contributed by atoms with Gasteiger partial charge in [-0.3, -0.25) is 14.4 Å². The Kier molecular flexibility index (Phi) is 17.6. The van der Waals surface area contributed by atoms with Crippen LogP contribution in [0.3, 0.4) is 0 Å². The second-order valence-corrected chi connectivity index (χ2v) is 15.8. The molecule has 0 fully saturated rings. The maximum Gasteiger partial charge on any atom is 0.407 e. The number of thioether (sulfide) groups is 1. The third kappa shape index (κ3) is 13.1. The van der Waals surface area contributed by atoms with Crippen LogP contribution < -0.4 is 16.0 Å². The molecule has 11 nitrogen and oxygen atoms in total. The summed E-state index contributed by atoms with van der Waals surface area (Å²) in [6.45, 7) is 4.22. The zero-order valence-corrected chi connectivity index (χ0v) is 33.4. The molecule has 4 N–H and O–H groups in total. The summed E-state index contributed by atoms with van der Waals surface area (Å²) in [4.78, 5) is 76.7. The predicted octanol–water partition coefficient (Wildman–Crippen LogP) is 6.57. The SMILES string of the molecule is CSCC[C@H](CC=O)C(=O)N[C@@H](CC(C)C)C(=O)C[C@@H](Cc1ccccc1)C(=O)NCCCC[C@@H](NC(=O)OCC1c2ccccc2-c2ccccc21)C(=O)O. The molecule has 3 aromatic rings. The lowest BCUT2D eigenvalue weighted by molar-refractivity contribution is -0.139. The number of hydrogen-bond donors (Lipinski definition) is 4. The van der Waals surface area contributed by atoms with Gasteiger partial charge in [0.25, 0.3) is 0 Å². The number of fused-ring (bicyclic) bond motifs is 3. The van der Waals surface area contributed by atoms with Crippen LogP contribution in [0.4, 0.5) is 4.79 Å². The number of aldehydes is 1. The summed E-state index contributed by atoms with van der Waals surface area (Å²) in [7, 11) is 0. The van der Waals surface area contributed by atoms with Crippen molar-refractivity contribution in [2.75, 3.05) is 25.2 Å². The van der Waals surface area contributed by atoms with Crippen molar-refractivity contribution in [1.82, 2.24) is 16.0 Å². The van der Waals surface area contributed by atoms with Crippen LogP contribution in [-0.2, 0) is 35.1 Å². The molecule has 4 atom stereocenters. The van der Waals surface area contributed by atoms with Crippen LogP contribution in [0, 0.1) is 17.8 Å². The average molecular weight is 786 g/mol. The Morgan fingerprint density at radius 1 is 0.804 bits per heavy atom. The molecule has 0 saturated heterocycles. The number of rotatable bonds is 24. The lowest BCUT2D eigenvalue weighted by Crippen LogP contribution is -2.46. The van der Waals surface area contributed by atoms with Crippen molar-refractivity contribution in [3.63, 3.8) is 0 Å². The summed E-state index contributed by atoms with van der Waals surface area (Å²) >= 11 is 1.58.